The highest BCUT2D eigenvalue weighted by Gasteiger charge is 2.15. The fraction of sp³-hybridized carbons (Fsp3) is 0.273. The molecule has 0 aliphatic rings. The zero-order chi connectivity index (χ0) is 19.2. The predicted octanol–water partition coefficient (Wildman–Crippen LogP) is 4.46. The molecule has 0 unspecified atom stereocenters. The van der Waals surface area contributed by atoms with Crippen LogP contribution in [-0.2, 0) is 11.2 Å². The summed E-state index contributed by atoms with van der Waals surface area (Å²) < 4.78 is 7.49. The van der Waals surface area contributed by atoms with E-state index in [1.165, 1.54) is 0 Å². The molecule has 2 aromatic carbocycles. The van der Waals surface area contributed by atoms with Crippen LogP contribution in [0.1, 0.15) is 30.3 Å². The van der Waals surface area contributed by atoms with Crippen LogP contribution in [0, 0.1) is 13.8 Å². The van der Waals surface area contributed by atoms with E-state index in [-0.39, 0.29) is 5.91 Å². The van der Waals surface area contributed by atoms with Crippen molar-refractivity contribution in [3.63, 3.8) is 0 Å². The summed E-state index contributed by atoms with van der Waals surface area (Å²) in [6.45, 7) is 6.44. The Hall–Kier alpha value is -3.08. The third kappa shape index (κ3) is 4.37. The molecule has 1 heterocycles. The number of anilines is 1. The van der Waals surface area contributed by atoms with Gasteiger partial charge in [0.2, 0.25) is 5.91 Å². The first-order valence-electron chi connectivity index (χ1n) is 9.22. The number of benzene rings is 2. The van der Waals surface area contributed by atoms with Gasteiger partial charge < -0.3 is 10.1 Å². The van der Waals surface area contributed by atoms with Crippen LogP contribution >= 0.6 is 0 Å². The van der Waals surface area contributed by atoms with Gasteiger partial charge in [0, 0.05) is 6.42 Å². The summed E-state index contributed by atoms with van der Waals surface area (Å²) in [4.78, 5) is 12.5. The van der Waals surface area contributed by atoms with Crippen LogP contribution in [0.4, 0.5) is 5.69 Å². The Morgan fingerprint density at radius 3 is 2.52 bits per heavy atom. The first-order chi connectivity index (χ1) is 13.1. The first kappa shape index (κ1) is 18.7. The highest BCUT2D eigenvalue weighted by Crippen LogP contribution is 2.24. The molecule has 0 atom stereocenters. The van der Waals surface area contributed by atoms with Crippen LogP contribution in [0.25, 0.3) is 5.69 Å². The third-order valence-electron chi connectivity index (χ3n) is 4.45. The number of carbonyl (C=O) groups excluding carboxylic acids is 1. The summed E-state index contributed by atoms with van der Waals surface area (Å²) in [7, 11) is 0. The van der Waals surface area contributed by atoms with E-state index in [9.17, 15) is 4.79 Å². The van der Waals surface area contributed by atoms with Gasteiger partial charge in [-0.1, -0.05) is 36.4 Å². The predicted molar refractivity (Wildman–Crippen MR) is 108 cm³/mol. The minimum absolute atomic E-state index is 0.0277. The number of ether oxygens (including phenoxy) is 1. The van der Waals surface area contributed by atoms with Crippen molar-refractivity contribution >= 4 is 11.6 Å². The maximum atomic E-state index is 12.5. The lowest BCUT2D eigenvalue weighted by atomic mass is 10.1. The van der Waals surface area contributed by atoms with Crippen molar-refractivity contribution in [2.45, 2.75) is 33.6 Å². The molecule has 1 aromatic heterocycles. The smallest absolute Gasteiger partial charge is 0.224 e. The average molecular weight is 363 g/mol. The first-order valence-corrected chi connectivity index (χ1v) is 9.22. The van der Waals surface area contributed by atoms with Crippen LogP contribution in [-0.4, -0.2) is 22.3 Å². The number of aromatic nitrogens is 2. The van der Waals surface area contributed by atoms with Crippen molar-refractivity contribution in [1.82, 2.24) is 9.78 Å². The van der Waals surface area contributed by atoms with E-state index >= 15 is 0 Å². The summed E-state index contributed by atoms with van der Waals surface area (Å²) in [5.41, 5.74) is 4.52. The number of amides is 1. The molecule has 0 aliphatic heterocycles. The second kappa shape index (κ2) is 8.54. The van der Waals surface area contributed by atoms with Crippen molar-refractivity contribution in [2.24, 2.45) is 0 Å². The number of hydrogen-bond acceptors (Lipinski definition) is 3. The molecule has 5 nitrogen and oxygen atoms in total. The molecular weight excluding hydrogens is 338 g/mol. The topological polar surface area (TPSA) is 56.1 Å². The molecule has 0 saturated heterocycles. The normalized spacial score (nSPS) is 10.6. The lowest BCUT2D eigenvalue weighted by Gasteiger charge is -2.10. The van der Waals surface area contributed by atoms with E-state index in [4.69, 9.17) is 4.74 Å². The van der Waals surface area contributed by atoms with Crippen molar-refractivity contribution in [3.8, 4) is 11.4 Å². The Morgan fingerprint density at radius 1 is 1.07 bits per heavy atom. The van der Waals surface area contributed by atoms with Crippen LogP contribution in [0.2, 0.25) is 0 Å². The molecule has 0 spiro atoms. The number of nitrogens with one attached hydrogen (secondary N) is 1. The second-order valence-corrected chi connectivity index (χ2v) is 6.38. The quantitative estimate of drug-likeness (QED) is 0.674. The molecule has 3 rings (SSSR count). The molecule has 0 aliphatic carbocycles. The molecule has 1 amide bonds. The minimum Gasteiger partial charge on any atom is -0.494 e. The molecular formula is C22H25N3O2. The fourth-order valence-electron chi connectivity index (χ4n) is 3.10. The SMILES string of the molecule is CCOc1ccccc1CCC(=O)Nc1c(C)nn(-c2ccccc2)c1C. The highest BCUT2D eigenvalue weighted by molar-refractivity contribution is 5.92. The second-order valence-electron chi connectivity index (χ2n) is 6.38. The molecule has 5 heteroatoms. The van der Waals surface area contributed by atoms with Gasteiger partial charge in [0.25, 0.3) is 0 Å². The monoisotopic (exact) mass is 363 g/mol. The van der Waals surface area contributed by atoms with Gasteiger partial charge in [-0.25, -0.2) is 4.68 Å². The van der Waals surface area contributed by atoms with Gasteiger partial charge >= 0.3 is 0 Å². The standard InChI is InChI=1S/C22H25N3O2/c1-4-27-20-13-9-8-10-18(20)14-15-21(26)23-22-16(2)24-25(17(22)3)19-11-6-5-7-12-19/h5-13H,4,14-15H2,1-3H3,(H,23,26). The largest absolute Gasteiger partial charge is 0.494 e. The lowest BCUT2D eigenvalue weighted by molar-refractivity contribution is -0.116. The number of para-hydroxylation sites is 2. The van der Waals surface area contributed by atoms with Crippen LogP contribution in [0.5, 0.6) is 5.75 Å². The molecule has 0 saturated carbocycles. The van der Waals surface area contributed by atoms with Crippen molar-refractivity contribution in [2.75, 3.05) is 11.9 Å². The molecule has 140 valence electrons. The van der Waals surface area contributed by atoms with E-state index in [1.54, 1.807) is 0 Å². The van der Waals surface area contributed by atoms with Crippen molar-refractivity contribution in [3.05, 3.63) is 71.5 Å². The lowest BCUT2D eigenvalue weighted by Crippen LogP contribution is -2.14. The number of rotatable bonds is 7. The number of carbonyl (C=O) groups is 1. The van der Waals surface area contributed by atoms with Gasteiger partial charge in [-0.05, 0) is 51.0 Å². The van der Waals surface area contributed by atoms with Gasteiger partial charge in [-0.15, -0.1) is 0 Å². The Labute approximate surface area is 160 Å². The summed E-state index contributed by atoms with van der Waals surface area (Å²) in [6.07, 6.45) is 1.02. The molecule has 27 heavy (non-hydrogen) atoms. The highest BCUT2D eigenvalue weighted by atomic mass is 16.5. The molecule has 0 fully saturated rings. The number of nitrogens with zero attached hydrogens (tertiary/aromatic N) is 2. The Balaban J connectivity index is 1.69. The molecule has 3 aromatic rings. The van der Waals surface area contributed by atoms with Gasteiger partial charge in [-0.3, -0.25) is 4.79 Å². The molecule has 1 N–H and O–H groups in total. The minimum atomic E-state index is -0.0277. The van der Waals surface area contributed by atoms with E-state index in [0.717, 1.165) is 34.1 Å². The number of aryl methyl sites for hydroxylation is 2. The molecule has 0 radical (unpaired) electrons. The van der Waals surface area contributed by atoms with Crippen LogP contribution in [0.15, 0.2) is 54.6 Å². The fourth-order valence-corrected chi connectivity index (χ4v) is 3.10. The van der Waals surface area contributed by atoms with Gasteiger partial charge in [0.05, 0.1) is 29.4 Å². The van der Waals surface area contributed by atoms with Crippen LogP contribution < -0.4 is 10.1 Å². The molecule has 0 bridgehead atoms. The van der Waals surface area contributed by atoms with Crippen molar-refractivity contribution < 1.29 is 9.53 Å². The Kier molecular flexibility index (Phi) is 5.91. The summed E-state index contributed by atoms with van der Waals surface area (Å²) in [6, 6.07) is 17.8. The van der Waals surface area contributed by atoms with Crippen molar-refractivity contribution in [1.29, 1.82) is 0 Å². The zero-order valence-corrected chi connectivity index (χ0v) is 16.0. The van der Waals surface area contributed by atoms with Gasteiger partial charge in [0.1, 0.15) is 5.75 Å². The summed E-state index contributed by atoms with van der Waals surface area (Å²) in [5.74, 6) is 0.817. The average Bonchev–Trinajstić information content (AvgIpc) is 2.96. The van der Waals surface area contributed by atoms with E-state index < -0.39 is 0 Å². The maximum absolute atomic E-state index is 12.5. The Morgan fingerprint density at radius 2 is 1.78 bits per heavy atom. The third-order valence-corrected chi connectivity index (χ3v) is 4.45. The van der Waals surface area contributed by atoms with Gasteiger partial charge in [0.15, 0.2) is 0 Å². The Bertz CT molecular complexity index is 917. The van der Waals surface area contributed by atoms with Crippen LogP contribution in [0.3, 0.4) is 0 Å². The zero-order valence-electron chi connectivity index (χ0n) is 16.0. The van der Waals surface area contributed by atoms with E-state index in [0.29, 0.717) is 19.4 Å². The maximum Gasteiger partial charge on any atom is 0.224 e. The van der Waals surface area contributed by atoms with E-state index in [1.807, 2.05) is 80.1 Å². The summed E-state index contributed by atoms with van der Waals surface area (Å²) >= 11 is 0. The van der Waals surface area contributed by atoms with E-state index in [2.05, 4.69) is 10.4 Å². The van der Waals surface area contributed by atoms with Gasteiger partial charge in [-0.2, -0.15) is 5.10 Å². The number of hydrogen-bond donors (Lipinski definition) is 1. The summed E-state index contributed by atoms with van der Waals surface area (Å²) in [5, 5.41) is 7.60.